The van der Waals surface area contributed by atoms with Crippen LogP contribution in [-0.4, -0.2) is 54.2 Å². The van der Waals surface area contributed by atoms with Crippen LogP contribution in [0.1, 0.15) is 37.0 Å². The van der Waals surface area contributed by atoms with Gasteiger partial charge in [0.15, 0.2) is 0 Å². The number of aromatic nitrogens is 1. The van der Waals surface area contributed by atoms with Crippen molar-refractivity contribution in [1.29, 1.82) is 0 Å². The average molecular weight is 487 g/mol. The molecule has 1 unspecified atom stereocenters. The molecule has 1 aromatic heterocycles. The van der Waals surface area contributed by atoms with E-state index in [1.54, 1.807) is 11.1 Å². The first-order valence-electron chi connectivity index (χ1n) is 11.2. The number of nitrogens with one attached hydrogen (secondary N) is 1. The minimum Gasteiger partial charge on any atom is -0.487 e. The zero-order valence-electron chi connectivity index (χ0n) is 18.9. The summed E-state index contributed by atoms with van der Waals surface area (Å²) in [5.74, 6) is 0.150. The topological polar surface area (TPSA) is 84.0 Å². The molecule has 178 valence electrons. The molecule has 2 amide bonds. The van der Waals surface area contributed by atoms with Crippen molar-refractivity contribution in [3.8, 4) is 0 Å². The first kappa shape index (κ1) is 22.5. The Hall–Kier alpha value is -3.33. The molecule has 1 aromatic carbocycles. The van der Waals surface area contributed by atoms with Crippen molar-refractivity contribution in [3.63, 3.8) is 0 Å². The Morgan fingerprint density at radius 2 is 2.06 bits per heavy atom. The van der Waals surface area contributed by atoms with Gasteiger partial charge < -0.3 is 24.6 Å². The minimum atomic E-state index is -0.440. The highest BCUT2D eigenvalue weighted by Crippen LogP contribution is 2.44. The Morgan fingerprint density at radius 1 is 1.29 bits per heavy atom. The first-order valence-corrected chi connectivity index (χ1v) is 11.6. The molecule has 0 aliphatic carbocycles. The van der Waals surface area contributed by atoms with Crippen molar-refractivity contribution >= 4 is 46.4 Å². The standard InChI is InChI=1S/C24H24ClFN4O4/c1-3-13(2)34-24(32)30-8-6-29(7-9-30)22-20(25)17-12-33-21(16(17)11-27-22)19-15-10-14(26)4-5-18(15)28-23(19)31/h4-5,10-11,13H,3,6-9,12H2,1-2H3,(H,28,31)/b21-19+. The smallest absolute Gasteiger partial charge is 0.410 e. The number of fused-ring (bicyclic) bond motifs is 2. The molecule has 1 N–H and O–H groups in total. The Balaban J connectivity index is 1.38. The summed E-state index contributed by atoms with van der Waals surface area (Å²) in [6, 6.07) is 4.13. The van der Waals surface area contributed by atoms with Crippen molar-refractivity contribution in [2.75, 3.05) is 36.4 Å². The van der Waals surface area contributed by atoms with E-state index in [1.807, 2.05) is 18.7 Å². The maximum atomic E-state index is 13.9. The molecule has 8 nitrogen and oxygen atoms in total. The lowest BCUT2D eigenvalue weighted by Crippen LogP contribution is -2.49. The number of carbonyl (C=O) groups is 2. The second kappa shape index (κ2) is 8.79. The van der Waals surface area contributed by atoms with Gasteiger partial charge in [-0.1, -0.05) is 18.5 Å². The van der Waals surface area contributed by atoms with Crippen LogP contribution >= 0.6 is 11.6 Å². The molecule has 4 heterocycles. The van der Waals surface area contributed by atoms with E-state index >= 15 is 0 Å². The van der Waals surface area contributed by atoms with Gasteiger partial charge in [0, 0.05) is 54.8 Å². The summed E-state index contributed by atoms with van der Waals surface area (Å²) in [6.45, 7) is 6.14. The number of halogens is 2. The van der Waals surface area contributed by atoms with Crippen molar-refractivity contribution in [2.45, 2.75) is 33.0 Å². The maximum absolute atomic E-state index is 13.9. The lowest BCUT2D eigenvalue weighted by molar-refractivity contribution is -0.110. The third-order valence-corrected chi connectivity index (χ3v) is 6.77. The van der Waals surface area contributed by atoms with Crippen molar-refractivity contribution in [1.82, 2.24) is 9.88 Å². The van der Waals surface area contributed by atoms with E-state index in [2.05, 4.69) is 10.3 Å². The molecule has 34 heavy (non-hydrogen) atoms. The minimum absolute atomic E-state index is 0.118. The van der Waals surface area contributed by atoms with E-state index in [9.17, 15) is 14.0 Å². The molecular formula is C24H24ClFN4O4. The van der Waals surface area contributed by atoms with Crippen LogP contribution in [-0.2, 0) is 20.9 Å². The van der Waals surface area contributed by atoms with Gasteiger partial charge in [0.2, 0.25) is 0 Å². The normalized spacial score (nSPS) is 19.9. The number of benzene rings is 1. The van der Waals surface area contributed by atoms with Crippen molar-refractivity contribution in [2.24, 2.45) is 0 Å². The summed E-state index contributed by atoms with van der Waals surface area (Å²) in [6.07, 6.45) is 1.98. The van der Waals surface area contributed by atoms with Gasteiger partial charge in [0.1, 0.15) is 30.1 Å². The largest absolute Gasteiger partial charge is 0.487 e. The van der Waals surface area contributed by atoms with Gasteiger partial charge in [-0.15, -0.1) is 0 Å². The number of rotatable bonds is 3. The summed E-state index contributed by atoms with van der Waals surface area (Å²) in [5, 5.41) is 3.19. The maximum Gasteiger partial charge on any atom is 0.410 e. The lowest BCUT2D eigenvalue weighted by atomic mass is 10.0. The van der Waals surface area contributed by atoms with Crippen LogP contribution in [0.15, 0.2) is 24.4 Å². The monoisotopic (exact) mass is 486 g/mol. The quantitative estimate of drug-likeness (QED) is 0.652. The van der Waals surface area contributed by atoms with Crippen LogP contribution in [0.4, 0.5) is 20.7 Å². The fourth-order valence-corrected chi connectivity index (χ4v) is 4.62. The predicted molar refractivity (Wildman–Crippen MR) is 126 cm³/mol. The fraction of sp³-hybridized carbons (Fsp3) is 0.375. The average Bonchev–Trinajstić information content (AvgIpc) is 3.39. The highest BCUT2D eigenvalue weighted by atomic mass is 35.5. The second-order valence-corrected chi connectivity index (χ2v) is 8.88. The van der Waals surface area contributed by atoms with E-state index in [1.165, 1.54) is 18.2 Å². The van der Waals surface area contributed by atoms with Gasteiger partial charge in [0.05, 0.1) is 10.6 Å². The molecule has 3 aliphatic rings. The summed E-state index contributed by atoms with van der Waals surface area (Å²) >= 11 is 6.74. The van der Waals surface area contributed by atoms with Gasteiger partial charge in [-0.2, -0.15) is 0 Å². The van der Waals surface area contributed by atoms with Crippen LogP contribution in [0.3, 0.4) is 0 Å². The molecular weight excluding hydrogens is 463 g/mol. The molecule has 1 atom stereocenters. The van der Waals surface area contributed by atoms with Crippen LogP contribution < -0.4 is 10.2 Å². The van der Waals surface area contributed by atoms with E-state index in [4.69, 9.17) is 21.1 Å². The summed E-state index contributed by atoms with van der Waals surface area (Å²) < 4.78 is 25.1. The number of hydrogen-bond donors (Lipinski definition) is 1. The second-order valence-electron chi connectivity index (χ2n) is 8.50. The molecule has 0 bridgehead atoms. The van der Waals surface area contributed by atoms with Crippen molar-refractivity contribution < 1.29 is 23.5 Å². The van der Waals surface area contributed by atoms with Crippen LogP contribution in [0.5, 0.6) is 0 Å². The van der Waals surface area contributed by atoms with Gasteiger partial charge in [0.25, 0.3) is 5.91 Å². The number of anilines is 2. The molecule has 1 fully saturated rings. The van der Waals surface area contributed by atoms with E-state index in [0.717, 1.165) is 12.0 Å². The molecule has 1 saturated heterocycles. The molecule has 0 spiro atoms. The van der Waals surface area contributed by atoms with E-state index < -0.39 is 5.82 Å². The number of carbonyl (C=O) groups excluding carboxylic acids is 2. The van der Waals surface area contributed by atoms with Gasteiger partial charge in [-0.05, 0) is 31.5 Å². The summed E-state index contributed by atoms with van der Waals surface area (Å²) in [4.78, 5) is 33.2. The van der Waals surface area contributed by atoms with Gasteiger partial charge >= 0.3 is 6.09 Å². The molecule has 0 radical (unpaired) electrons. The lowest BCUT2D eigenvalue weighted by Gasteiger charge is -2.35. The van der Waals surface area contributed by atoms with Crippen LogP contribution in [0.25, 0.3) is 11.3 Å². The number of nitrogens with zero attached hydrogens (tertiary/aromatic N) is 3. The van der Waals surface area contributed by atoms with E-state index in [-0.39, 0.29) is 30.3 Å². The first-order chi connectivity index (χ1) is 16.4. The Labute approximate surface area is 201 Å². The number of hydrogen-bond acceptors (Lipinski definition) is 6. The molecule has 2 aromatic rings. The Bertz CT molecular complexity index is 1210. The van der Waals surface area contributed by atoms with Crippen molar-refractivity contribution in [3.05, 3.63) is 51.9 Å². The third-order valence-electron chi connectivity index (χ3n) is 6.38. The number of amides is 2. The zero-order chi connectivity index (χ0) is 24.0. The molecule has 0 saturated carbocycles. The summed E-state index contributed by atoms with van der Waals surface area (Å²) in [7, 11) is 0. The SMILES string of the molecule is CCC(C)OC(=O)N1CCN(c2ncc3c(c2Cl)CO/C3=C2/C(=O)Nc3ccc(F)cc32)CC1. The Kier molecular flexibility index (Phi) is 5.81. The summed E-state index contributed by atoms with van der Waals surface area (Å²) in [5.41, 5.74) is 2.60. The van der Waals surface area contributed by atoms with Crippen LogP contribution in [0, 0.1) is 5.82 Å². The highest BCUT2D eigenvalue weighted by Gasteiger charge is 2.35. The number of piperazine rings is 1. The highest BCUT2D eigenvalue weighted by molar-refractivity contribution is 6.37. The fourth-order valence-electron chi connectivity index (χ4n) is 4.30. The number of ether oxygens (including phenoxy) is 2. The molecule has 10 heteroatoms. The van der Waals surface area contributed by atoms with E-state index in [0.29, 0.717) is 59.6 Å². The predicted octanol–water partition coefficient (Wildman–Crippen LogP) is 4.28. The zero-order valence-corrected chi connectivity index (χ0v) is 19.6. The molecule has 5 rings (SSSR count). The third kappa shape index (κ3) is 3.83. The molecule has 3 aliphatic heterocycles. The Morgan fingerprint density at radius 3 is 2.79 bits per heavy atom. The number of pyridine rings is 1. The van der Waals surface area contributed by atoms with Crippen LogP contribution in [0.2, 0.25) is 5.02 Å². The van der Waals surface area contributed by atoms with Gasteiger partial charge in [-0.3, -0.25) is 4.79 Å². The van der Waals surface area contributed by atoms with Gasteiger partial charge in [-0.25, -0.2) is 14.2 Å².